The van der Waals surface area contributed by atoms with Crippen molar-refractivity contribution in [3.63, 3.8) is 0 Å². The number of carbonyl (C=O) groups excluding carboxylic acids is 1. The fraction of sp³-hybridized carbons (Fsp3) is 0.462. The molecule has 1 amide bonds. The molecular weight excluding hydrogens is 271 g/mol. The lowest BCUT2D eigenvalue weighted by atomic mass is 10.2. The Hall–Kier alpha value is -0.930. The molecule has 0 aliphatic carbocycles. The zero-order chi connectivity index (χ0) is 13.7. The lowest BCUT2D eigenvalue weighted by Crippen LogP contribution is -2.41. The molecule has 18 heavy (non-hydrogen) atoms. The number of benzene rings is 1. The summed E-state index contributed by atoms with van der Waals surface area (Å²) in [6, 6.07) is 4.85. The number of amides is 1. The van der Waals surface area contributed by atoms with E-state index in [9.17, 15) is 4.79 Å². The number of hydrogen-bond acceptors (Lipinski definition) is 2. The van der Waals surface area contributed by atoms with Crippen LogP contribution in [-0.4, -0.2) is 29.9 Å². The van der Waals surface area contributed by atoms with Gasteiger partial charge in [-0.2, -0.15) is 0 Å². The molecular formula is C13H18Cl2N2O. The molecule has 1 atom stereocenters. The standard InChI is InChI=1S/C13H18Cl2N2O/c1-4-17(5-2)13(18)9(3)16-12-7-10(14)6-11(15)8-12/h6-9,16H,4-5H2,1-3H3. The quantitative estimate of drug-likeness (QED) is 0.897. The predicted octanol–water partition coefficient (Wildman–Crippen LogP) is 3.66. The molecule has 3 nitrogen and oxygen atoms in total. The molecule has 1 N–H and O–H groups in total. The van der Waals surface area contributed by atoms with Crippen molar-refractivity contribution in [2.24, 2.45) is 0 Å². The van der Waals surface area contributed by atoms with Crippen molar-refractivity contribution in [2.75, 3.05) is 18.4 Å². The maximum Gasteiger partial charge on any atom is 0.244 e. The first-order valence-electron chi connectivity index (χ1n) is 5.99. The summed E-state index contributed by atoms with van der Waals surface area (Å²) < 4.78 is 0. The van der Waals surface area contributed by atoms with Crippen LogP contribution in [0.15, 0.2) is 18.2 Å². The molecule has 0 bridgehead atoms. The van der Waals surface area contributed by atoms with Gasteiger partial charge in [0.15, 0.2) is 0 Å². The molecule has 0 radical (unpaired) electrons. The summed E-state index contributed by atoms with van der Waals surface area (Å²) in [4.78, 5) is 13.9. The van der Waals surface area contributed by atoms with Crippen molar-refractivity contribution in [2.45, 2.75) is 26.8 Å². The maximum atomic E-state index is 12.1. The minimum Gasteiger partial charge on any atom is -0.374 e. The number of halogens is 2. The average Bonchev–Trinajstić information content (AvgIpc) is 2.28. The van der Waals surface area contributed by atoms with Gasteiger partial charge in [0.05, 0.1) is 0 Å². The highest BCUT2D eigenvalue weighted by atomic mass is 35.5. The molecule has 100 valence electrons. The Morgan fingerprint density at radius 2 is 1.72 bits per heavy atom. The predicted molar refractivity (Wildman–Crippen MR) is 77.5 cm³/mol. The highest BCUT2D eigenvalue weighted by Crippen LogP contribution is 2.23. The number of carbonyl (C=O) groups is 1. The molecule has 0 aliphatic heterocycles. The lowest BCUT2D eigenvalue weighted by Gasteiger charge is -2.24. The van der Waals surface area contributed by atoms with E-state index in [2.05, 4.69) is 5.32 Å². The summed E-state index contributed by atoms with van der Waals surface area (Å²) in [5.41, 5.74) is 0.750. The van der Waals surface area contributed by atoms with Gasteiger partial charge in [-0.15, -0.1) is 0 Å². The summed E-state index contributed by atoms with van der Waals surface area (Å²) >= 11 is 11.8. The summed E-state index contributed by atoms with van der Waals surface area (Å²) in [5.74, 6) is 0.0658. The molecule has 0 aliphatic rings. The Bertz CT molecular complexity index is 399. The van der Waals surface area contributed by atoms with Gasteiger partial charge in [-0.05, 0) is 39.0 Å². The molecule has 1 aromatic carbocycles. The second-order valence-corrected chi connectivity index (χ2v) is 4.91. The van der Waals surface area contributed by atoms with Gasteiger partial charge in [-0.1, -0.05) is 23.2 Å². The first kappa shape index (κ1) is 15.1. The molecule has 5 heteroatoms. The second kappa shape index (κ2) is 6.86. The van der Waals surface area contributed by atoms with Crippen LogP contribution in [0.25, 0.3) is 0 Å². The molecule has 0 saturated heterocycles. The molecule has 1 rings (SSSR count). The average molecular weight is 289 g/mol. The van der Waals surface area contributed by atoms with Gasteiger partial charge in [-0.3, -0.25) is 4.79 Å². The van der Waals surface area contributed by atoms with E-state index in [1.165, 1.54) is 0 Å². The highest BCUT2D eigenvalue weighted by molar-refractivity contribution is 6.35. The lowest BCUT2D eigenvalue weighted by molar-refractivity contribution is -0.131. The number of nitrogens with one attached hydrogen (secondary N) is 1. The molecule has 0 aromatic heterocycles. The van der Waals surface area contributed by atoms with Crippen molar-refractivity contribution < 1.29 is 4.79 Å². The van der Waals surface area contributed by atoms with E-state index in [-0.39, 0.29) is 11.9 Å². The third-order valence-corrected chi connectivity index (χ3v) is 3.13. The molecule has 0 saturated carbocycles. The monoisotopic (exact) mass is 288 g/mol. The van der Waals surface area contributed by atoms with Crippen LogP contribution >= 0.6 is 23.2 Å². The first-order chi connectivity index (χ1) is 8.47. The van der Waals surface area contributed by atoms with Crippen molar-refractivity contribution >= 4 is 34.8 Å². The normalized spacial score (nSPS) is 12.1. The minimum absolute atomic E-state index is 0.0658. The van der Waals surface area contributed by atoms with Crippen LogP contribution in [0.1, 0.15) is 20.8 Å². The fourth-order valence-corrected chi connectivity index (χ4v) is 2.28. The Kier molecular flexibility index (Phi) is 5.76. The molecule has 0 heterocycles. The Morgan fingerprint density at radius 1 is 1.22 bits per heavy atom. The van der Waals surface area contributed by atoms with E-state index in [4.69, 9.17) is 23.2 Å². The Balaban J connectivity index is 2.74. The van der Waals surface area contributed by atoms with Crippen molar-refractivity contribution in [1.29, 1.82) is 0 Å². The van der Waals surface area contributed by atoms with Gasteiger partial charge in [0.25, 0.3) is 0 Å². The largest absolute Gasteiger partial charge is 0.374 e. The van der Waals surface area contributed by atoms with E-state index in [0.717, 1.165) is 5.69 Å². The summed E-state index contributed by atoms with van der Waals surface area (Å²) in [6.07, 6.45) is 0. The molecule has 1 unspecified atom stereocenters. The minimum atomic E-state index is -0.306. The smallest absolute Gasteiger partial charge is 0.244 e. The molecule has 0 fully saturated rings. The number of hydrogen-bond donors (Lipinski definition) is 1. The van der Waals surface area contributed by atoms with Crippen LogP contribution in [0.2, 0.25) is 10.0 Å². The Morgan fingerprint density at radius 3 is 2.17 bits per heavy atom. The summed E-state index contributed by atoms with van der Waals surface area (Å²) in [6.45, 7) is 7.17. The van der Waals surface area contributed by atoms with Crippen molar-refractivity contribution in [1.82, 2.24) is 4.90 Å². The van der Waals surface area contributed by atoms with Crippen LogP contribution in [0, 0.1) is 0 Å². The molecule has 1 aromatic rings. The summed E-state index contributed by atoms with van der Waals surface area (Å²) in [5, 5.41) is 4.21. The van der Waals surface area contributed by atoms with E-state index >= 15 is 0 Å². The van der Waals surface area contributed by atoms with Crippen LogP contribution in [0.5, 0.6) is 0 Å². The van der Waals surface area contributed by atoms with Crippen LogP contribution < -0.4 is 5.32 Å². The SMILES string of the molecule is CCN(CC)C(=O)C(C)Nc1cc(Cl)cc(Cl)c1. The maximum absolute atomic E-state index is 12.1. The third-order valence-electron chi connectivity index (χ3n) is 2.69. The topological polar surface area (TPSA) is 32.3 Å². The van der Waals surface area contributed by atoms with Gasteiger partial charge in [0, 0.05) is 28.8 Å². The van der Waals surface area contributed by atoms with Gasteiger partial charge in [-0.25, -0.2) is 0 Å². The van der Waals surface area contributed by atoms with Gasteiger partial charge < -0.3 is 10.2 Å². The van der Waals surface area contributed by atoms with E-state index in [1.54, 1.807) is 23.1 Å². The number of likely N-dealkylation sites (N-methyl/N-ethyl adjacent to an activating group) is 1. The van der Waals surface area contributed by atoms with Gasteiger partial charge >= 0.3 is 0 Å². The van der Waals surface area contributed by atoms with Gasteiger partial charge in [0.1, 0.15) is 6.04 Å². The molecule has 0 spiro atoms. The van der Waals surface area contributed by atoms with E-state index < -0.39 is 0 Å². The van der Waals surface area contributed by atoms with Crippen molar-refractivity contribution in [3.05, 3.63) is 28.2 Å². The first-order valence-corrected chi connectivity index (χ1v) is 6.75. The third kappa shape index (κ3) is 4.07. The highest BCUT2D eigenvalue weighted by Gasteiger charge is 2.17. The van der Waals surface area contributed by atoms with E-state index in [0.29, 0.717) is 23.1 Å². The van der Waals surface area contributed by atoms with Gasteiger partial charge in [0.2, 0.25) is 5.91 Å². The van der Waals surface area contributed by atoms with Crippen LogP contribution in [0.3, 0.4) is 0 Å². The van der Waals surface area contributed by atoms with Crippen LogP contribution in [-0.2, 0) is 4.79 Å². The Labute approximate surface area is 118 Å². The number of anilines is 1. The van der Waals surface area contributed by atoms with E-state index in [1.807, 2.05) is 20.8 Å². The summed E-state index contributed by atoms with van der Waals surface area (Å²) in [7, 11) is 0. The zero-order valence-corrected chi connectivity index (χ0v) is 12.3. The van der Waals surface area contributed by atoms with Crippen LogP contribution in [0.4, 0.5) is 5.69 Å². The number of nitrogens with zero attached hydrogens (tertiary/aromatic N) is 1. The zero-order valence-electron chi connectivity index (χ0n) is 10.8. The second-order valence-electron chi connectivity index (χ2n) is 4.03. The number of rotatable bonds is 5. The fourth-order valence-electron chi connectivity index (χ4n) is 1.76. The van der Waals surface area contributed by atoms with Crippen molar-refractivity contribution in [3.8, 4) is 0 Å².